The molecule has 0 aliphatic heterocycles. The molecule has 1 amide bonds. The Balaban J connectivity index is 1.54. The fourth-order valence-corrected chi connectivity index (χ4v) is 3.65. The monoisotopic (exact) mass is 384 g/mol. The van der Waals surface area contributed by atoms with Crippen LogP contribution in [0.1, 0.15) is 12.2 Å². The third kappa shape index (κ3) is 3.19. The minimum absolute atomic E-state index is 0.121. The van der Waals surface area contributed by atoms with Gasteiger partial charge in [0, 0.05) is 25.3 Å². The predicted molar refractivity (Wildman–Crippen MR) is 101 cm³/mol. The molecule has 0 saturated carbocycles. The van der Waals surface area contributed by atoms with Gasteiger partial charge in [0.1, 0.15) is 5.76 Å². The molecular weight excluding hydrogens is 368 g/mol. The Labute approximate surface area is 157 Å². The van der Waals surface area contributed by atoms with Gasteiger partial charge in [0.05, 0.1) is 10.9 Å². The summed E-state index contributed by atoms with van der Waals surface area (Å²) in [5.41, 5.74) is 0.620. The number of aromatic nitrogens is 5. The van der Waals surface area contributed by atoms with Gasteiger partial charge in [0.25, 0.3) is 5.56 Å². The molecule has 3 aromatic heterocycles. The lowest BCUT2D eigenvalue weighted by atomic mass is 10.2. The van der Waals surface area contributed by atoms with Crippen LogP contribution in [0.15, 0.2) is 44.8 Å². The van der Waals surface area contributed by atoms with Crippen molar-refractivity contribution in [1.82, 2.24) is 24.3 Å². The largest absolute Gasteiger partial charge is 0.360 e. The average Bonchev–Trinajstić information content (AvgIpc) is 3.26. The molecule has 138 valence electrons. The van der Waals surface area contributed by atoms with E-state index < -0.39 is 0 Å². The first-order chi connectivity index (χ1) is 13.0. The number of hydrogen-bond donors (Lipinski definition) is 1. The zero-order chi connectivity index (χ0) is 19.0. The van der Waals surface area contributed by atoms with Crippen LogP contribution in [-0.2, 0) is 11.8 Å². The van der Waals surface area contributed by atoms with E-state index in [2.05, 4.69) is 20.7 Å². The summed E-state index contributed by atoms with van der Waals surface area (Å²) in [7, 11) is 1.67. The van der Waals surface area contributed by atoms with Crippen molar-refractivity contribution in [3.8, 4) is 0 Å². The number of anilines is 1. The van der Waals surface area contributed by atoms with Crippen molar-refractivity contribution in [1.29, 1.82) is 0 Å². The molecule has 4 rings (SSSR count). The summed E-state index contributed by atoms with van der Waals surface area (Å²) in [6.07, 6.45) is 0.273. The number of thioether (sulfide) groups is 1. The summed E-state index contributed by atoms with van der Waals surface area (Å²) in [5.74, 6) is 1.83. The number of nitrogens with one attached hydrogen (secondary N) is 1. The van der Waals surface area contributed by atoms with Crippen LogP contribution in [0.2, 0.25) is 0 Å². The van der Waals surface area contributed by atoms with E-state index >= 15 is 0 Å². The SMILES string of the molecule is Cc1cc(NC(=O)CCSc2nnc3n(C)c(=O)c4ccccc4n23)no1. The summed E-state index contributed by atoms with van der Waals surface area (Å²) in [6.45, 7) is 1.76. The van der Waals surface area contributed by atoms with E-state index in [9.17, 15) is 9.59 Å². The van der Waals surface area contributed by atoms with Crippen molar-refractivity contribution < 1.29 is 9.32 Å². The van der Waals surface area contributed by atoms with Crippen LogP contribution in [0.4, 0.5) is 5.82 Å². The van der Waals surface area contributed by atoms with Gasteiger partial charge in [-0.2, -0.15) is 0 Å². The van der Waals surface area contributed by atoms with Crippen LogP contribution in [0.25, 0.3) is 16.7 Å². The number of hydrogen-bond acceptors (Lipinski definition) is 7. The van der Waals surface area contributed by atoms with Crippen LogP contribution in [0.3, 0.4) is 0 Å². The lowest BCUT2D eigenvalue weighted by molar-refractivity contribution is -0.115. The molecule has 10 heteroatoms. The molecule has 9 nitrogen and oxygen atoms in total. The summed E-state index contributed by atoms with van der Waals surface area (Å²) < 4.78 is 8.22. The number of carbonyl (C=O) groups is 1. The number of carbonyl (C=O) groups excluding carboxylic acids is 1. The molecule has 0 aliphatic carbocycles. The zero-order valence-corrected chi connectivity index (χ0v) is 15.5. The minimum Gasteiger partial charge on any atom is -0.360 e. The topological polar surface area (TPSA) is 107 Å². The second-order valence-electron chi connectivity index (χ2n) is 5.97. The summed E-state index contributed by atoms with van der Waals surface area (Å²) in [5, 5.41) is 16.0. The molecule has 0 spiro atoms. The molecule has 0 radical (unpaired) electrons. The molecule has 0 unspecified atom stereocenters. The number of para-hydroxylation sites is 1. The molecule has 0 bridgehead atoms. The number of rotatable bonds is 5. The highest BCUT2D eigenvalue weighted by molar-refractivity contribution is 7.99. The van der Waals surface area contributed by atoms with Gasteiger partial charge in [-0.3, -0.25) is 18.6 Å². The van der Waals surface area contributed by atoms with Gasteiger partial charge in [0.15, 0.2) is 11.0 Å². The standard InChI is InChI=1S/C17H16N6O3S/c1-10-9-13(21-26-10)18-14(24)7-8-27-17-20-19-16-22(2)15(25)11-5-3-4-6-12(11)23(16)17/h3-6,9H,7-8H2,1-2H3,(H,18,21,24). The first-order valence-corrected chi connectivity index (χ1v) is 9.22. The molecule has 27 heavy (non-hydrogen) atoms. The van der Waals surface area contributed by atoms with Crippen LogP contribution in [0.5, 0.6) is 0 Å². The van der Waals surface area contributed by atoms with Gasteiger partial charge in [-0.05, 0) is 19.1 Å². The second-order valence-corrected chi connectivity index (χ2v) is 7.03. The molecule has 4 aromatic rings. The average molecular weight is 384 g/mol. The Morgan fingerprint density at radius 2 is 2.11 bits per heavy atom. The normalized spacial score (nSPS) is 11.3. The molecule has 1 aromatic carbocycles. The van der Waals surface area contributed by atoms with E-state index in [4.69, 9.17) is 4.52 Å². The second kappa shape index (κ2) is 6.88. The van der Waals surface area contributed by atoms with Gasteiger partial charge >= 0.3 is 0 Å². The third-order valence-electron chi connectivity index (χ3n) is 4.05. The van der Waals surface area contributed by atoms with E-state index in [0.717, 1.165) is 5.52 Å². The molecule has 0 fully saturated rings. The fourth-order valence-electron chi connectivity index (χ4n) is 2.77. The number of fused-ring (bicyclic) bond motifs is 3. The molecule has 3 heterocycles. The Kier molecular flexibility index (Phi) is 4.40. The number of aryl methyl sites for hydroxylation is 2. The van der Waals surface area contributed by atoms with E-state index in [1.54, 1.807) is 26.1 Å². The minimum atomic E-state index is -0.165. The summed E-state index contributed by atoms with van der Waals surface area (Å²) in [4.78, 5) is 24.5. The van der Waals surface area contributed by atoms with Crippen molar-refractivity contribution in [2.24, 2.45) is 7.05 Å². The Morgan fingerprint density at radius 1 is 1.30 bits per heavy atom. The maximum absolute atomic E-state index is 12.4. The van der Waals surface area contributed by atoms with Gasteiger partial charge < -0.3 is 9.84 Å². The number of nitrogens with zero attached hydrogens (tertiary/aromatic N) is 5. The molecule has 1 N–H and O–H groups in total. The van der Waals surface area contributed by atoms with E-state index in [1.165, 1.54) is 16.3 Å². The zero-order valence-electron chi connectivity index (χ0n) is 14.7. The van der Waals surface area contributed by atoms with E-state index in [1.807, 2.05) is 22.6 Å². The maximum atomic E-state index is 12.4. The Bertz CT molecular complexity index is 1210. The molecule has 0 atom stereocenters. The van der Waals surface area contributed by atoms with Crippen molar-refractivity contribution in [2.75, 3.05) is 11.1 Å². The van der Waals surface area contributed by atoms with Gasteiger partial charge in [0.2, 0.25) is 11.7 Å². The quantitative estimate of drug-likeness (QED) is 0.524. The summed E-state index contributed by atoms with van der Waals surface area (Å²) >= 11 is 1.40. The highest BCUT2D eigenvalue weighted by atomic mass is 32.2. The molecule has 0 aliphatic rings. The maximum Gasteiger partial charge on any atom is 0.262 e. The number of amides is 1. The van der Waals surface area contributed by atoms with Crippen LogP contribution in [0, 0.1) is 6.92 Å². The smallest absolute Gasteiger partial charge is 0.262 e. The van der Waals surface area contributed by atoms with Crippen molar-refractivity contribution in [3.63, 3.8) is 0 Å². The van der Waals surface area contributed by atoms with Crippen LogP contribution >= 0.6 is 11.8 Å². The summed E-state index contributed by atoms with van der Waals surface area (Å²) in [6, 6.07) is 8.98. The van der Waals surface area contributed by atoms with Crippen molar-refractivity contribution in [2.45, 2.75) is 18.5 Å². The van der Waals surface area contributed by atoms with Crippen molar-refractivity contribution >= 4 is 40.2 Å². The lowest BCUT2D eigenvalue weighted by Gasteiger charge is -2.07. The highest BCUT2D eigenvalue weighted by Crippen LogP contribution is 2.21. The predicted octanol–water partition coefficient (Wildman–Crippen LogP) is 2.00. The van der Waals surface area contributed by atoms with Crippen molar-refractivity contribution in [3.05, 3.63) is 46.4 Å². The first kappa shape index (κ1) is 17.3. The molecular formula is C17H16N6O3S. The van der Waals surface area contributed by atoms with Crippen LogP contribution in [-0.4, -0.2) is 36.0 Å². The van der Waals surface area contributed by atoms with E-state index in [-0.39, 0.29) is 17.9 Å². The first-order valence-electron chi connectivity index (χ1n) is 8.23. The van der Waals surface area contributed by atoms with Gasteiger partial charge in [-0.15, -0.1) is 10.2 Å². The molecule has 0 saturated heterocycles. The van der Waals surface area contributed by atoms with Gasteiger partial charge in [-0.1, -0.05) is 29.1 Å². The highest BCUT2D eigenvalue weighted by Gasteiger charge is 2.15. The number of benzene rings is 1. The fraction of sp³-hybridized carbons (Fsp3) is 0.235. The van der Waals surface area contributed by atoms with Crippen LogP contribution < -0.4 is 10.9 Å². The Morgan fingerprint density at radius 3 is 2.89 bits per heavy atom. The van der Waals surface area contributed by atoms with E-state index in [0.29, 0.717) is 33.7 Å². The Hall–Kier alpha value is -3.14. The van der Waals surface area contributed by atoms with Gasteiger partial charge in [-0.25, -0.2) is 0 Å². The lowest BCUT2D eigenvalue weighted by Crippen LogP contribution is -2.20. The third-order valence-corrected chi connectivity index (χ3v) is 4.98.